The lowest BCUT2D eigenvalue weighted by Gasteiger charge is -2.36. The van der Waals surface area contributed by atoms with E-state index in [0.29, 0.717) is 22.9 Å². The normalized spacial score (nSPS) is 22.4. The van der Waals surface area contributed by atoms with E-state index >= 15 is 0 Å². The van der Waals surface area contributed by atoms with Crippen LogP contribution in [0.5, 0.6) is 0 Å². The average molecular weight is 214 g/mol. The minimum absolute atomic E-state index is 0.161. The average Bonchev–Trinajstić information content (AvgIpc) is 2.02. The van der Waals surface area contributed by atoms with Crippen LogP contribution in [-0.4, -0.2) is 33.7 Å². The van der Waals surface area contributed by atoms with Crippen LogP contribution in [0.3, 0.4) is 0 Å². The fraction of sp³-hybridized carbons (Fsp3) is 0.556. The van der Waals surface area contributed by atoms with E-state index in [4.69, 9.17) is 17.3 Å². The highest BCUT2D eigenvalue weighted by molar-refractivity contribution is 7.80. The molecular weight excluding hydrogens is 200 g/mol. The number of allylic oxidation sites excluding steroid dienone is 1. The maximum absolute atomic E-state index is 11.0. The second-order valence-electron chi connectivity index (χ2n) is 3.24. The van der Waals surface area contributed by atoms with Gasteiger partial charge in [0, 0.05) is 12.2 Å². The maximum atomic E-state index is 11.0. The lowest BCUT2D eigenvalue weighted by atomic mass is 10.0. The van der Waals surface area contributed by atoms with Crippen LogP contribution >= 0.6 is 12.2 Å². The number of likely N-dealkylation sites (N-methyl/N-ethyl adjacent to an activating group) is 1. The van der Waals surface area contributed by atoms with E-state index in [9.17, 15) is 4.79 Å². The monoisotopic (exact) mass is 214 g/mol. The van der Waals surface area contributed by atoms with Crippen molar-refractivity contribution in [3.63, 3.8) is 0 Å². The number of carboxylic acid groups (broad SMARTS) is 1. The Labute approximate surface area is 88.6 Å². The van der Waals surface area contributed by atoms with Gasteiger partial charge in [0.1, 0.15) is 0 Å². The summed E-state index contributed by atoms with van der Waals surface area (Å²) in [6.45, 7) is 6.24. The molecule has 78 valence electrons. The predicted molar refractivity (Wildman–Crippen MR) is 57.9 cm³/mol. The molecule has 0 fully saturated rings. The number of rotatable bonds is 2. The first-order valence-corrected chi connectivity index (χ1v) is 4.91. The summed E-state index contributed by atoms with van der Waals surface area (Å²) in [5.74, 6) is -0.886. The van der Waals surface area contributed by atoms with Crippen molar-refractivity contribution in [3.8, 4) is 0 Å². The van der Waals surface area contributed by atoms with Gasteiger partial charge in [0.05, 0.1) is 11.6 Å². The van der Waals surface area contributed by atoms with Gasteiger partial charge in [0.15, 0.2) is 5.11 Å². The Balaban J connectivity index is 3.09. The summed E-state index contributed by atoms with van der Waals surface area (Å²) in [6.07, 6.45) is 0. The van der Waals surface area contributed by atoms with E-state index < -0.39 is 5.97 Å². The Bertz CT molecular complexity index is 312. The van der Waals surface area contributed by atoms with Crippen molar-refractivity contribution in [2.24, 2.45) is 0 Å². The summed E-state index contributed by atoms with van der Waals surface area (Å²) in [7, 11) is 0. The number of aliphatic carboxylic acids is 1. The van der Waals surface area contributed by atoms with Gasteiger partial charge in [-0.2, -0.15) is 0 Å². The van der Waals surface area contributed by atoms with Gasteiger partial charge in [-0.3, -0.25) is 0 Å². The molecule has 0 amide bonds. The van der Waals surface area contributed by atoms with E-state index in [0.717, 1.165) is 0 Å². The number of nitrogens with one attached hydrogen (secondary N) is 1. The Morgan fingerprint density at radius 3 is 2.71 bits per heavy atom. The molecule has 4 nitrogen and oxygen atoms in total. The summed E-state index contributed by atoms with van der Waals surface area (Å²) in [5.41, 5.74) is 1.03. The molecule has 0 aromatic heterocycles. The van der Waals surface area contributed by atoms with Gasteiger partial charge in [0.2, 0.25) is 0 Å². The zero-order chi connectivity index (χ0) is 10.9. The van der Waals surface area contributed by atoms with Gasteiger partial charge < -0.3 is 15.3 Å². The molecule has 0 aliphatic carbocycles. The number of nitrogens with zero attached hydrogens (tertiary/aromatic N) is 1. The molecule has 1 aliphatic rings. The molecule has 0 aromatic rings. The molecule has 0 saturated carbocycles. The van der Waals surface area contributed by atoms with Crippen LogP contribution in [0.1, 0.15) is 20.8 Å². The van der Waals surface area contributed by atoms with E-state index in [-0.39, 0.29) is 6.04 Å². The van der Waals surface area contributed by atoms with E-state index in [1.165, 1.54) is 0 Å². The smallest absolute Gasteiger partial charge is 0.335 e. The Morgan fingerprint density at radius 2 is 2.29 bits per heavy atom. The predicted octanol–water partition coefficient (Wildman–Crippen LogP) is 0.944. The van der Waals surface area contributed by atoms with Crippen LogP contribution in [0.25, 0.3) is 0 Å². The van der Waals surface area contributed by atoms with E-state index in [1.807, 2.05) is 18.7 Å². The van der Waals surface area contributed by atoms with Crippen molar-refractivity contribution in [3.05, 3.63) is 11.3 Å². The molecule has 0 aromatic carbocycles. The van der Waals surface area contributed by atoms with Crippen LogP contribution in [0, 0.1) is 0 Å². The zero-order valence-electron chi connectivity index (χ0n) is 8.50. The molecule has 0 saturated heterocycles. The number of hydrogen-bond donors (Lipinski definition) is 2. The Morgan fingerprint density at radius 1 is 1.71 bits per heavy atom. The molecule has 14 heavy (non-hydrogen) atoms. The van der Waals surface area contributed by atoms with Gasteiger partial charge in [-0.1, -0.05) is 0 Å². The first-order valence-electron chi connectivity index (χ1n) is 4.50. The molecule has 1 aliphatic heterocycles. The van der Waals surface area contributed by atoms with Gasteiger partial charge in [-0.15, -0.1) is 0 Å². The highest BCUT2D eigenvalue weighted by Gasteiger charge is 2.30. The fourth-order valence-electron chi connectivity index (χ4n) is 1.70. The number of carboxylic acids is 1. The summed E-state index contributed by atoms with van der Waals surface area (Å²) >= 11 is 5.11. The molecule has 5 heteroatoms. The molecular formula is C9H14N2O2S. The SMILES string of the molecule is CCN1C(=S)NC(C)=C(C(=O)O)C1C. The standard InChI is InChI=1S/C9H14N2O2S/c1-4-11-6(3)7(8(12)13)5(2)10-9(11)14/h6H,4H2,1-3H3,(H,10,14)(H,12,13). The van der Waals surface area contributed by atoms with Gasteiger partial charge in [-0.25, -0.2) is 4.79 Å². The molecule has 1 rings (SSSR count). The highest BCUT2D eigenvalue weighted by Crippen LogP contribution is 2.19. The summed E-state index contributed by atoms with van der Waals surface area (Å²) < 4.78 is 0. The number of thiocarbonyl (C=S) groups is 1. The second kappa shape index (κ2) is 3.96. The quantitative estimate of drug-likeness (QED) is 0.670. The van der Waals surface area contributed by atoms with Crippen molar-refractivity contribution in [1.82, 2.24) is 10.2 Å². The summed E-state index contributed by atoms with van der Waals surface area (Å²) in [6, 6.07) is -0.161. The molecule has 2 N–H and O–H groups in total. The minimum Gasteiger partial charge on any atom is -0.478 e. The van der Waals surface area contributed by atoms with Crippen LogP contribution in [0.15, 0.2) is 11.3 Å². The molecule has 1 heterocycles. The molecule has 0 radical (unpaired) electrons. The van der Waals surface area contributed by atoms with Crippen molar-refractivity contribution >= 4 is 23.3 Å². The third-order valence-corrected chi connectivity index (χ3v) is 2.75. The Hall–Kier alpha value is -1.10. The topological polar surface area (TPSA) is 52.6 Å². The van der Waals surface area contributed by atoms with Crippen molar-refractivity contribution < 1.29 is 9.90 Å². The van der Waals surface area contributed by atoms with Gasteiger partial charge >= 0.3 is 5.97 Å². The summed E-state index contributed by atoms with van der Waals surface area (Å²) in [4.78, 5) is 12.8. The van der Waals surface area contributed by atoms with Crippen LogP contribution in [-0.2, 0) is 4.79 Å². The van der Waals surface area contributed by atoms with Gasteiger partial charge in [-0.05, 0) is 33.0 Å². The largest absolute Gasteiger partial charge is 0.478 e. The minimum atomic E-state index is -0.886. The molecule has 0 spiro atoms. The van der Waals surface area contributed by atoms with Gasteiger partial charge in [0.25, 0.3) is 0 Å². The molecule has 1 atom stereocenters. The lowest BCUT2D eigenvalue weighted by molar-refractivity contribution is -0.133. The lowest BCUT2D eigenvalue weighted by Crippen LogP contribution is -2.51. The van der Waals surface area contributed by atoms with E-state index in [2.05, 4.69) is 5.32 Å². The third kappa shape index (κ3) is 1.72. The Kier molecular flexibility index (Phi) is 3.10. The van der Waals surface area contributed by atoms with Crippen LogP contribution in [0.2, 0.25) is 0 Å². The third-order valence-electron chi connectivity index (χ3n) is 2.42. The van der Waals surface area contributed by atoms with Crippen LogP contribution in [0.4, 0.5) is 0 Å². The van der Waals surface area contributed by atoms with E-state index in [1.54, 1.807) is 6.92 Å². The first kappa shape index (κ1) is 11.0. The van der Waals surface area contributed by atoms with Crippen molar-refractivity contribution in [2.75, 3.05) is 6.54 Å². The second-order valence-corrected chi connectivity index (χ2v) is 3.62. The zero-order valence-corrected chi connectivity index (χ0v) is 9.31. The van der Waals surface area contributed by atoms with Crippen molar-refractivity contribution in [1.29, 1.82) is 0 Å². The highest BCUT2D eigenvalue weighted by atomic mass is 32.1. The number of hydrogen-bond acceptors (Lipinski definition) is 2. The number of carbonyl (C=O) groups is 1. The van der Waals surface area contributed by atoms with Crippen molar-refractivity contribution in [2.45, 2.75) is 26.8 Å². The summed E-state index contributed by atoms with van der Waals surface area (Å²) in [5, 5.41) is 12.5. The molecule has 0 bridgehead atoms. The van der Waals surface area contributed by atoms with Crippen LogP contribution < -0.4 is 5.32 Å². The fourth-order valence-corrected chi connectivity index (χ4v) is 2.14. The molecule has 1 unspecified atom stereocenters. The maximum Gasteiger partial charge on any atom is 0.335 e. The first-order chi connectivity index (χ1) is 6.49.